The van der Waals surface area contributed by atoms with Crippen LogP contribution in [0.2, 0.25) is 0 Å². The van der Waals surface area contributed by atoms with Crippen molar-refractivity contribution in [2.45, 2.75) is 13.5 Å². The summed E-state index contributed by atoms with van der Waals surface area (Å²) in [5, 5.41) is 0. The summed E-state index contributed by atoms with van der Waals surface area (Å²) in [6.45, 7) is 2.54. The molecule has 2 aromatic carbocycles. The van der Waals surface area contributed by atoms with Crippen LogP contribution in [0.1, 0.15) is 11.1 Å². The second kappa shape index (κ2) is 5.76. The van der Waals surface area contributed by atoms with Crippen molar-refractivity contribution in [2.75, 3.05) is 14.2 Å². The van der Waals surface area contributed by atoms with Gasteiger partial charge in [0.2, 0.25) is 0 Å². The summed E-state index contributed by atoms with van der Waals surface area (Å²) in [6, 6.07) is 12.3. The number of methoxy groups -OCH3 is 2. The molecule has 3 heteroatoms. The highest BCUT2D eigenvalue weighted by Crippen LogP contribution is 2.39. The van der Waals surface area contributed by atoms with E-state index in [9.17, 15) is 0 Å². The van der Waals surface area contributed by atoms with E-state index in [1.807, 2.05) is 12.1 Å². The van der Waals surface area contributed by atoms with Crippen LogP contribution in [0.15, 0.2) is 36.4 Å². The number of rotatable bonds is 4. The van der Waals surface area contributed by atoms with Crippen molar-refractivity contribution in [3.63, 3.8) is 0 Å². The molecule has 2 rings (SSSR count). The molecule has 0 amide bonds. The molecule has 3 nitrogen and oxygen atoms in total. The van der Waals surface area contributed by atoms with Crippen molar-refractivity contribution in [2.24, 2.45) is 5.73 Å². The first-order valence-electron chi connectivity index (χ1n) is 6.21. The number of nitrogens with two attached hydrogens (primary N) is 1. The number of hydrogen-bond donors (Lipinski definition) is 1. The van der Waals surface area contributed by atoms with Gasteiger partial charge < -0.3 is 15.2 Å². The Morgan fingerprint density at radius 2 is 1.84 bits per heavy atom. The lowest BCUT2D eigenvalue weighted by atomic mass is 9.99. The Hall–Kier alpha value is -2.00. The summed E-state index contributed by atoms with van der Waals surface area (Å²) >= 11 is 0. The van der Waals surface area contributed by atoms with Crippen molar-refractivity contribution in [3.8, 4) is 22.6 Å². The smallest absolute Gasteiger partial charge is 0.168 e. The third-order valence-electron chi connectivity index (χ3n) is 3.10. The summed E-state index contributed by atoms with van der Waals surface area (Å²) in [6.07, 6.45) is 0. The van der Waals surface area contributed by atoms with E-state index in [0.717, 1.165) is 22.4 Å². The first-order valence-corrected chi connectivity index (χ1v) is 6.21. The van der Waals surface area contributed by atoms with E-state index < -0.39 is 0 Å². The van der Waals surface area contributed by atoms with Gasteiger partial charge in [-0.05, 0) is 30.2 Å². The van der Waals surface area contributed by atoms with E-state index in [-0.39, 0.29) is 0 Å². The normalized spacial score (nSPS) is 10.3. The molecular weight excluding hydrogens is 238 g/mol. The van der Waals surface area contributed by atoms with E-state index in [4.69, 9.17) is 15.2 Å². The van der Waals surface area contributed by atoms with Gasteiger partial charge >= 0.3 is 0 Å². The molecule has 0 heterocycles. The van der Waals surface area contributed by atoms with E-state index in [1.165, 1.54) is 5.56 Å². The highest BCUT2D eigenvalue weighted by atomic mass is 16.5. The van der Waals surface area contributed by atoms with Crippen LogP contribution >= 0.6 is 0 Å². The topological polar surface area (TPSA) is 44.5 Å². The van der Waals surface area contributed by atoms with Gasteiger partial charge in [-0.1, -0.05) is 29.8 Å². The zero-order chi connectivity index (χ0) is 13.8. The van der Waals surface area contributed by atoms with Gasteiger partial charge in [-0.15, -0.1) is 0 Å². The van der Waals surface area contributed by atoms with E-state index in [2.05, 4.69) is 31.2 Å². The summed E-state index contributed by atoms with van der Waals surface area (Å²) < 4.78 is 10.9. The third-order valence-corrected chi connectivity index (χ3v) is 3.10. The Balaban J connectivity index is 2.66. The molecule has 0 saturated heterocycles. The van der Waals surface area contributed by atoms with Gasteiger partial charge in [0.05, 0.1) is 14.2 Å². The lowest BCUT2D eigenvalue weighted by Gasteiger charge is -2.15. The average Bonchev–Trinajstić information content (AvgIpc) is 2.45. The van der Waals surface area contributed by atoms with Crippen molar-refractivity contribution in [1.29, 1.82) is 0 Å². The minimum absolute atomic E-state index is 0.471. The minimum Gasteiger partial charge on any atom is -0.493 e. The molecule has 0 unspecified atom stereocenters. The van der Waals surface area contributed by atoms with Crippen LogP contribution < -0.4 is 15.2 Å². The molecule has 0 aliphatic rings. The predicted molar refractivity (Wildman–Crippen MR) is 77.6 cm³/mol. The van der Waals surface area contributed by atoms with E-state index in [1.54, 1.807) is 14.2 Å². The average molecular weight is 257 g/mol. The fourth-order valence-electron chi connectivity index (χ4n) is 2.17. The Kier molecular flexibility index (Phi) is 4.07. The van der Waals surface area contributed by atoms with Gasteiger partial charge in [-0.3, -0.25) is 0 Å². The maximum Gasteiger partial charge on any atom is 0.168 e. The molecule has 0 bridgehead atoms. The number of benzene rings is 2. The number of hydrogen-bond acceptors (Lipinski definition) is 3. The van der Waals surface area contributed by atoms with Crippen molar-refractivity contribution in [1.82, 2.24) is 0 Å². The van der Waals surface area contributed by atoms with Gasteiger partial charge in [-0.25, -0.2) is 0 Å². The molecule has 0 aliphatic carbocycles. The summed E-state index contributed by atoms with van der Waals surface area (Å²) in [5.74, 6) is 1.45. The van der Waals surface area contributed by atoms with E-state index >= 15 is 0 Å². The van der Waals surface area contributed by atoms with Crippen LogP contribution in [-0.4, -0.2) is 14.2 Å². The van der Waals surface area contributed by atoms with Crippen LogP contribution in [0, 0.1) is 6.92 Å². The predicted octanol–water partition coefficient (Wildman–Crippen LogP) is 3.14. The van der Waals surface area contributed by atoms with Crippen molar-refractivity contribution < 1.29 is 9.47 Å². The Morgan fingerprint density at radius 1 is 1.05 bits per heavy atom. The maximum atomic E-state index is 5.75. The quantitative estimate of drug-likeness (QED) is 0.915. The van der Waals surface area contributed by atoms with E-state index in [0.29, 0.717) is 12.3 Å². The first-order chi connectivity index (χ1) is 9.19. The molecule has 2 aromatic rings. The molecule has 0 saturated carbocycles. The molecule has 0 spiro atoms. The minimum atomic E-state index is 0.471. The van der Waals surface area contributed by atoms with Gasteiger partial charge in [-0.2, -0.15) is 0 Å². The summed E-state index contributed by atoms with van der Waals surface area (Å²) in [5.41, 5.74) is 10.1. The molecule has 0 radical (unpaired) electrons. The van der Waals surface area contributed by atoms with Crippen LogP contribution in [0.5, 0.6) is 11.5 Å². The van der Waals surface area contributed by atoms with Crippen molar-refractivity contribution >= 4 is 0 Å². The number of ether oxygens (including phenoxy) is 2. The van der Waals surface area contributed by atoms with Crippen LogP contribution in [0.3, 0.4) is 0 Å². The summed E-state index contributed by atoms with van der Waals surface area (Å²) in [7, 11) is 3.29. The molecule has 0 fully saturated rings. The molecule has 0 aliphatic heterocycles. The standard InChI is InChI=1S/C16H19NO2/c1-11-5-4-6-13(7-11)14-8-12(10-17)9-15(18-2)16(14)19-3/h4-9H,10,17H2,1-3H3. The largest absolute Gasteiger partial charge is 0.493 e. The maximum absolute atomic E-state index is 5.75. The summed E-state index contributed by atoms with van der Waals surface area (Å²) in [4.78, 5) is 0. The zero-order valence-electron chi connectivity index (χ0n) is 11.6. The molecule has 19 heavy (non-hydrogen) atoms. The molecule has 2 N–H and O–H groups in total. The highest BCUT2D eigenvalue weighted by molar-refractivity contribution is 5.75. The van der Waals surface area contributed by atoms with Gasteiger partial charge in [0.15, 0.2) is 11.5 Å². The first kappa shape index (κ1) is 13.4. The van der Waals surface area contributed by atoms with Gasteiger partial charge in [0.1, 0.15) is 0 Å². The zero-order valence-corrected chi connectivity index (χ0v) is 11.6. The number of aryl methyl sites for hydroxylation is 1. The van der Waals surface area contributed by atoms with Crippen LogP contribution in [0.4, 0.5) is 0 Å². The van der Waals surface area contributed by atoms with Gasteiger partial charge in [0.25, 0.3) is 0 Å². The molecule has 0 atom stereocenters. The second-order valence-electron chi connectivity index (χ2n) is 4.45. The highest BCUT2D eigenvalue weighted by Gasteiger charge is 2.13. The van der Waals surface area contributed by atoms with Crippen LogP contribution in [0.25, 0.3) is 11.1 Å². The SMILES string of the molecule is COc1cc(CN)cc(-c2cccc(C)c2)c1OC. The molecule has 0 aromatic heterocycles. The Morgan fingerprint density at radius 3 is 2.42 bits per heavy atom. The lowest BCUT2D eigenvalue weighted by Crippen LogP contribution is -2.00. The second-order valence-corrected chi connectivity index (χ2v) is 4.45. The fourth-order valence-corrected chi connectivity index (χ4v) is 2.17. The Labute approximate surface area is 114 Å². The van der Waals surface area contributed by atoms with Gasteiger partial charge in [0, 0.05) is 12.1 Å². The van der Waals surface area contributed by atoms with Crippen LogP contribution in [-0.2, 0) is 6.54 Å². The molecule has 100 valence electrons. The third kappa shape index (κ3) is 2.71. The van der Waals surface area contributed by atoms with Crippen molar-refractivity contribution in [3.05, 3.63) is 47.5 Å². The lowest BCUT2D eigenvalue weighted by molar-refractivity contribution is 0.355. The Bertz CT molecular complexity index is 579. The monoisotopic (exact) mass is 257 g/mol. The molecular formula is C16H19NO2. The fraction of sp³-hybridized carbons (Fsp3) is 0.250.